The highest BCUT2D eigenvalue weighted by Gasteiger charge is 2.34. The van der Waals surface area contributed by atoms with Gasteiger partial charge in [-0.1, -0.05) is 25.1 Å². The van der Waals surface area contributed by atoms with Crippen LogP contribution in [0, 0.1) is 5.41 Å². The Morgan fingerprint density at radius 1 is 1.27 bits per heavy atom. The zero-order chi connectivity index (χ0) is 16.0. The predicted molar refractivity (Wildman–Crippen MR) is 74.7 cm³/mol. The molecule has 0 saturated carbocycles. The van der Waals surface area contributed by atoms with Crippen LogP contribution in [0.3, 0.4) is 0 Å². The Balaban J connectivity index is 1.83. The molecule has 2 aromatic rings. The maximum atomic E-state index is 12.5. The van der Waals surface area contributed by atoms with Crippen molar-refractivity contribution in [3.63, 3.8) is 0 Å². The monoisotopic (exact) mass is 313 g/mol. The molecule has 22 heavy (non-hydrogen) atoms. The van der Waals surface area contributed by atoms with Crippen LogP contribution in [0.15, 0.2) is 18.2 Å². The molecule has 1 fully saturated rings. The third-order valence-electron chi connectivity index (χ3n) is 3.39. The van der Waals surface area contributed by atoms with Crippen LogP contribution in [0.2, 0.25) is 0 Å². The lowest BCUT2D eigenvalue weighted by molar-refractivity contribution is -0.142. The molecule has 0 N–H and O–H groups in total. The fourth-order valence-corrected chi connectivity index (χ4v) is 2.31. The largest absolute Gasteiger partial charge is 0.493 e. The van der Waals surface area contributed by atoms with Crippen molar-refractivity contribution in [2.45, 2.75) is 26.6 Å². The Hall–Kier alpha value is -1.61. The highest BCUT2D eigenvalue weighted by molar-refractivity contribution is 6.61. The average molecular weight is 313 g/mol. The summed E-state index contributed by atoms with van der Waals surface area (Å²) in [6.45, 7) is 4.02. The molecule has 2 heterocycles. The van der Waals surface area contributed by atoms with E-state index in [-0.39, 0.29) is 5.41 Å². The van der Waals surface area contributed by atoms with Crippen LogP contribution in [0.4, 0.5) is 13.2 Å². The molecular formula is C13H15BF3N3O2. The van der Waals surface area contributed by atoms with E-state index in [0.717, 1.165) is 10.1 Å². The van der Waals surface area contributed by atoms with Crippen LogP contribution < -0.4 is 5.46 Å². The van der Waals surface area contributed by atoms with Crippen molar-refractivity contribution in [2.24, 2.45) is 5.41 Å². The van der Waals surface area contributed by atoms with E-state index in [2.05, 4.69) is 10.3 Å². The standard InChI is InChI=1S/C13H15BF3N3O2/c1-12(2)7-21-14(22-8-12)9-3-4-11-10(5-9)18-19-20(11)6-13(15,16)17/h3-5H,6-8H2,1-2H3. The molecule has 118 valence electrons. The molecule has 9 heteroatoms. The van der Waals surface area contributed by atoms with Gasteiger partial charge >= 0.3 is 13.3 Å². The lowest BCUT2D eigenvalue weighted by atomic mass is 9.76. The molecule has 0 bridgehead atoms. The minimum absolute atomic E-state index is 0.0452. The van der Waals surface area contributed by atoms with Gasteiger partial charge in [0.2, 0.25) is 0 Å². The molecule has 0 radical (unpaired) electrons. The summed E-state index contributed by atoms with van der Waals surface area (Å²) in [5, 5.41) is 7.34. The fourth-order valence-electron chi connectivity index (χ4n) is 2.31. The third kappa shape index (κ3) is 3.25. The Labute approximate surface area is 125 Å². The number of halogens is 3. The molecule has 5 nitrogen and oxygen atoms in total. The maximum Gasteiger partial charge on any atom is 0.493 e. The molecule has 0 amide bonds. The van der Waals surface area contributed by atoms with E-state index < -0.39 is 19.8 Å². The number of hydrogen-bond acceptors (Lipinski definition) is 4. The lowest BCUT2D eigenvalue weighted by Gasteiger charge is -2.33. The minimum atomic E-state index is -4.33. The highest BCUT2D eigenvalue weighted by atomic mass is 19.4. The smallest absolute Gasteiger partial charge is 0.407 e. The van der Waals surface area contributed by atoms with Crippen LogP contribution in [0.25, 0.3) is 11.0 Å². The number of fused-ring (bicyclic) bond motifs is 1. The van der Waals surface area contributed by atoms with Gasteiger partial charge in [0.05, 0.1) is 5.52 Å². The molecule has 1 aromatic carbocycles. The quantitative estimate of drug-likeness (QED) is 0.793. The van der Waals surface area contributed by atoms with Crippen molar-refractivity contribution in [3.8, 4) is 0 Å². The van der Waals surface area contributed by atoms with E-state index >= 15 is 0 Å². The molecule has 1 aliphatic rings. The molecule has 1 aliphatic heterocycles. The van der Waals surface area contributed by atoms with E-state index in [4.69, 9.17) is 9.31 Å². The maximum absolute atomic E-state index is 12.5. The van der Waals surface area contributed by atoms with Crippen LogP contribution in [-0.4, -0.2) is 41.5 Å². The summed E-state index contributed by atoms with van der Waals surface area (Å²) in [6, 6.07) is 4.89. The first-order valence-corrected chi connectivity index (χ1v) is 6.87. The second-order valence-corrected chi connectivity index (χ2v) is 6.23. The minimum Gasteiger partial charge on any atom is -0.407 e. The van der Waals surface area contributed by atoms with E-state index in [1.807, 2.05) is 13.8 Å². The summed E-state index contributed by atoms with van der Waals surface area (Å²) in [5.74, 6) is 0. The first-order valence-electron chi connectivity index (χ1n) is 6.87. The normalized spacial score (nSPS) is 18.9. The number of aromatic nitrogens is 3. The summed E-state index contributed by atoms with van der Waals surface area (Å²) < 4.78 is 49.5. The topological polar surface area (TPSA) is 49.2 Å². The van der Waals surface area contributed by atoms with Gasteiger partial charge in [-0.2, -0.15) is 13.2 Å². The van der Waals surface area contributed by atoms with Crippen molar-refractivity contribution in [1.29, 1.82) is 0 Å². The average Bonchev–Trinajstić information content (AvgIpc) is 2.79. The number of nitrogens with zero attached hydrogens (tertiary/aromatic N) is 3. The van der Waals surface area contributed by atoms with E-state index in [1.54, 1.807) is 18.2 Å². The van der Waals surface area contributed by atoms with Crippen LogP contribution >= 0.6 is 0 Å². The summed E-state index contributed by atoms with van der Waals surface area (Å²) in [6.07, 6.45) is -4.33. The van der Waals surface area contributed by atoms with Gasteiger partial charge in [-0.05, 0) is 17.6 Å². The van der Waals surface area contributed by atoms with Gasteiger partial charge in [0, 0.05) is 18.6 Å². The van der Waals surface area contributed by atoms with Gasteiger partial charge in [-0.3, -0.25) is 0 Å². The van der Waals surface area contributed by atoms with Gasteiger partial charge in [0.1, 0.15) is 12.1 Å². The summed E-state index contributed by atoms with van der Waals surface area (Å²) in [4.78, 5) is 0. The van der Waals surface area contributed by atoms with Crippen LogP contribution in [0.5, 0.6) is 0 Å². The summed E-state index contributed by atoms with van der Waals surface area (Å²) >= 11 is 0. The SMILES string of the molecule is CC1(C)COB(c2ccc3c(c2)nnn3CC(F)(F)F)OC1. The number of benzene rings is 1. The first kappa shape index (κ1) is 15.3. The van der Waals surface area contributed by atoms with Gasteiger partial charge < -0.3 is 9.31 Å². The fraction of sp³-hybridized carbons (Fsp3) is 0.538. The number of hydrogen-bond donors (Lipinski definition) is 0. The highest BCUT2D eigenvalue weighted by Crippen LogP contribution is 2.22. The summed E-state index contributed by atoms with van der Waals surface area (Å²) in [5.41, 5.74) is 1.40. The molecule has 1 aromatic heterocycles. The first-order chi connectivity index (χ1) is 10.2. The van der Waals surface area contributed by atoms with Crippen LogP contribution in [-0.2, 0) is 15.9 Å². The van der Waals surface area contributed by atoms with Gasteiger partial charge in [0.15, 0.2) is 0 Å². The van der Waals surface area contributed by atoms with Crippen molar-refractivity contribution in [3.05, 3.63) is 18.2 Å². The van der Waals surface area contributed by atoms with E-state index in [0.29, 0.717) is 24.2 Å². The zero-order valence-corrected chi connectivity index (χ0v) is 12.2. The van der Waals surface area contributed by atoms with Crippen LogP contribution in [0.1, 0.15) is 13.8 Å². The molecule has 0 unspecified atom stereocenters. The van der Waals surface area contributed by atoms with Gasteiger partial charge in [0.25, 0.3) is 0 Å². The molecule has 1 saturated heterocycles. The van der Waals surface area contributed by atoms with Crippen molar-refractivity contribution in [2.75, 3.05) is 13.2 Å². The second kappa shape index (κ2) is 5.24. The van der Waals surface area contributed by atoms with Gasteiger partial charge in [-0.25, -0.2) is 4.68 Å². The van der Waals surface area contributed by atoms with E-state index in [9.17, 15) is 13.2 Å². The predicted octanol–water partition coefficient (Wildman–Crippen LogP) is 1.76. The van der Waals surface area contributed by atoms with Gasteiger partial charge in [-0.15, -0.1) is 5.10 Å². The summed E-state index contributed by atoms with van der Waals surface area (Å²) in [7, 11) is -0.523. The zero-order valence-electron chi connectivity index (χ0n) is 12.2. The Morgan fingerprint density at radius 3 is 2.59 bits per heavy atom. The Bertz CT molecular complexity index is 677. The van der Waals surface area contributed by atoms with Crippen molar-refractivity contribution >= 4 is 23.6 Å². The van der Waals surface area contributed by atoms with E-state index in [1.165, 1.54) is 0 Å². The Morgan fingerprint density at radius 2 is 1.95 bits per heavy atom. The van der Waals surface area contributed by atoms with Crippen molar-refractivity contribution in [1.82, 2.24) is 15.0 Å². The number of rotatable bonds is 2. The lowest BCUT2D eigenvalue weighted by Crippen LogP contribution is -2.47. The third-order valence-corrected chi connectivity index (χ3v) is 3.39. The molecular weight excluding hydrogens is 298 g/mol. The van der Waals surface area contributed by atoms with Crippen molar-refractivity contribution < 1.29 is 22.5 Å². The molecule has 3 rings (SSSR count). The molecule has 0 spiro atoms. The second-order valence-electron chi connectivity index (χ2n) is 6.23. The Kier molecular flexibility index (Phi) is 3.64. The molecule has 0 aliphatic carbocycles. The number of alkyl halides is 3. The molecule has 0 atom stereocenters.